The van der Waals surface area contributed by atoms with Crippen molar-refractivity contribution in [1.29, 1.82) is 0 Å². The molecule has 2 aromatic carbocycles. The Bertz CT molecular complexity index is 2020. The molecule has 0 radical (unpaired) electrons. The van der Waals surface area contributed by atoms with Crippen molar-refractivity contribution in [3.8, 4) is 28.4 Å². The monoisotopic (exact) mass is 756 g/mol. The Labute approximate surface area is 304 Å². The topological polar surface area (TPSA) is 144 Å². The van der Waals surface area contributed by atoms with Crippen LogP contribution in [-0.4, -0.2) is 94.1 Å². The molecule has 4 aromatic rings. The zero-order valence-electron chi connectivity index (χ0n) is 29.9. The smallest absolute Gasteiger partial charge is 0.442 e. The van der Waals surface area contributed by atoms with Crippen LogP contribution in [0.3, 0.4) is 0 Å². The van der Waals surface area contributed by atoms with E-state index in [0.29, 0.717) is 39.4 Å². The Morgan fingerprint density at radius 1 is 1.02 bits per heavy atom. The van der Waals surface area contributed by atoms with E-state index >= 15 is 0 Å². The first kappa shape index (κ1) is 37.4. The normalized spacial score (nSPS) is 21.7. The number of amides is 1. The molecule has 0 aliphatic carbocycles. The lowest BCUT2D eigenvalue weighted by Gasteiger charge is -2.19. The number of halogens is 1. The van der Waals surface area contributed by atoms with Crippen LogP contribution < -0.4 is 4.74 Å². The summed E-state index contributed by atoms with van der Waals surface area (Å²) in [5, 5.41) is 10.6. The summed E-state index contributed by atoms with van der Waals surface area (Å²) in [4.78, 5) is 22.3. The molecule has 4 heterocycles. The lowest BCUT2D eigenvalue weighted by Crippen LogP contribution is -2.35. The van der Waals surface area contributed by atoms with Gasteiger partial charge >= 0.3 is 12.1 Å². The summed E-state index contributed by atoms with van der Waals surface area (Å²) < 4.78 is 48.1. The summed E-state index contributed by atoms with van der Waals surface area (Å²) in [6.07, 6.45) is -1.42. The number of rotatable bonds is 10. The van der Waals surface area contributed by atoms with E-state index in [9.17, 15) is 14.1 Å². The molecular formula is C36H45ClN4O8SSi. The van der Waals surface area contributed by atoms with Gasteiger partial charge in [0.15, 0.2) is 11.8 Å². The van der Waals surface area contributed by atoms with E-state index in [2.05, 4.69) is 24.0 Å². The van der Waals surface area contributed by atoms with Crippen LogP contribution in [0.25, 0.3) is 33.5 Å². The zero-order chi connectivity index (χ0) is 36.7. The van der Waals surface area contributed by atoms with Gasteiger partial charge in [-0.2, -0.15) is 4.98 Å². The molecule has 15 heteroatoms. The second kappa shape index (κ2) is 14.6. The number of aliphatic hydroxyl groups is 1. The Kier molecular flexibility index (Phi) is 10.7. The predicted octanol–water partition coefficient (Wildman–Crippen LogP) is 7.03. The summed E-state index contributed by atoms with van der Waals surface area (Å²) in [6, 6.07) is 18.0. The van der Waals surface area contributed by atoms with Crippen LogP contribution in [0.1, 0.15) is 20.8 Å². The maximum atomic E-state index is 13.2. The van der Waals surface area contributed by atoms with E-state index < -0.39 is 53.9 Å². The Morgan fingerprint density at radius 3 is 2.29 bits per heavy atom. The predicted molar refractivity (Wildman–Crippen MR) is 198 cm³/mol. The standard InChI is InChI=1S/C36H45ClN4O8SSi/c1-36(2,3)49-35(43)40-50(4,44)25-14-12-23(13-15-25)22-8-10-24(11-9-22)30-26(37)18-27-33(39-30)41(21-45-16-17-51(5,6)7)34(38-27)48-29-20-47-31-28(42)19-46-32(29)31/h8-15,18,28-29,31-32,42H,16-17,19-21H2,1-7H3/t28-,29-,31-,32-,50?/m1/s1. The number of fused-ring (bicyclic) bond motifs is 2. The fourth-order valence-corrected chi connectivity index (χ4v) is 7.90. The number of carbonyl (C=O) groups excluding carboxylic acids is 1. The van der Waals surface area contributed by atoms with Gasteiger partial charge in [0.05, 0.1) is 33.7 Å². The molecule has 2 aliphatic rings. The molecule has 274 valence electrons. The van der Waals surface area contributed by atoms with Gasteiger partial charge in [0.25, 0.3) is 0 Å². The number of aliphatic hydroxyl groups excluding tert-OH is 1. The molecule has 2 fully saturated rings. The lowest BCUT2D eigenvalue weighted by atomic mass is 10.0. The lowest BCUT2D eigenvalue weighted by molar-refractivity contribution is 0.00336. The second-order valence-corrected chi connectivity index (χ2v) is 23.4. The number of benzene rings is 2. The van der Waals surface area contributed by atoms with Crippen LogP contribution in [0, 0.1) is 0 Å². The van der Waals surface area contributed by atoms with Crippen LogP contribution in [-0.2, 0) is 35.4 Å². The van der Waals surface area contributed by atoms with Gasteiger partial charge in [0.2, 0.25) is 0 Å². The molecule has 0 saturated carbocycles. The van der Waals surface area contributed by atoms with Crippen LogP contribution in [0.2, 0.25) is 30.7 Å². The minimum atomic E-state index is -2.99. The molecule has 0 spiro atoms. The van der Waals surface area contributed by atoms with Gasteiger partial charge in [-0.25, -0.2) is 14.0 Å². The Morgan fingerprint density at radius 2 is 1.65 bits per heavy atom. The van der Waals surface area contributed by atoms with Gasteiger partial charge in [-0.3, -0.25) is 4.57 Å². The summed E-state index contributed by atoms with van der Waals surface area (Å²) in [6.45, 7) is 13.3. The maximum absolute atomic E-state index is 13.2. The first-order valence-electron chi connectivity index (χ1n) is 16.9. The van der Waals surface area contributed by atoms with Gasteiger partial charge in [0, 0.05) is 31.4 Å². The average molecular weight is 757 g/mol. The van der Waals surface area contributed by atoms with Crippen molar-refractivity contribution < 1.29 is 37.8 Å². The first-order chi connectivity index (χ1) is 24.0. The number of nitrogens with zero attached hydrogens (tertiary/aromatic N) is 4. The number of hydrogen-bond acceptors (Lipinski definition) is 10. The highest BCUT2D eigenvalue weighted by Gasteiger charge is 2.49. The van der Waals surface area contributed by atoms with Crippen molar-refractivity contribution >= 4 is 46.7 Å². The summed E-state index contributed by atoms with van der Waals surface area (Å²) in [7, 11) is -4.31. The maximum Gasteiger partial charge on any atom is 0.442 e. The summed E-state index contributed by atoms with van der Waals surface area (Å²) >= 11 is 6.81. The SMILES string of the molecule is CC(C)(C)OC(=O)N=S(C)(=O)c1ccc(-c2ccc(-c3nc4c(cc3Cl)nc(O[C@@H]3CO[C@H]5[C@@H]3OC[C@H]5O)n4COCC[Si](C)(C)C)cc2)cc1. The minimum absolute atomic E-state index is 0.180. The third kappa shape index (κ3) is 8.82. The van der Waals surface area contributed by atoms with E-state index in [-0.39, 0.29) is 19.9 Å². The highest BCUT2D eigenvalue weighted by atomic mass is 35.5. The Hall–Kier alpha value is -3.37. The zero-order valence-corrected chi connectivity index (χ0v) is 32.5. The molecule has 6 rings (SSSR count). The third-order valence-electron chi connectivity index (χ3n) is 8.52. The minimum Gasteiger partial charge on any atom is -0.456 e. The molecule has 51 heavy (non-hydrogen) atoms. The second-order valence-electron chi connectivity index (χ2n) is 15.1. The molecule has 2 aliphatic heterocycles. The number of ether oxygens (including phenoxy) is 5. The van der Waals surface area contributed by atoms with Crippen molar-refractivity contribution in [2.75, 3.05) is 26.1 Å². The highest BCUT2D eigenvalue weighted by Crippen LogP contribution is 2.35. The van der Waals surface area contributed by atoms with E-state index in [4.69, 9.17) is 45.3 Å². The van der Waals surface area contributed by atoms with E-state index in [1.807, 2.05) is 36.4 Å². The van der Waals surface area contributed by atoms with Gasteiger partial charge in [-0.15, -0.1) is 4.36 Å². The molecule has 1 N–H and O–H groups in total. The van der Waals surface area contributed by atoms with Crippen LogP contribution in [0.4, 0.5) is 4.79 Å². The molecule has 2 saturated heterocycles. The van der Waals surface area contributed by atoms with E-state index in [1.165, 1.54) is 6.26 Å². The quantitative estimate of drug-likeness (QED) is 0.132. The van der Waals surface area contributed by atoms with Crippen LogP contribution >= 0.6 is 11.6 Å². The summed E-state index contributed by atoms with van der Waals surface area (Å²) in [5.74, 6) is 0. The third-order valence-corrected chi connectivity index (χ3v) is 12.2. The largest absolute Gasteiger partial charge is 0.456 e. The van der Waals surface area contributed by atoms with Crippen molar-refractivity contribution in [1.82, 2.24) is 14.5 Å². The summed E-state index contributed by atoms with van der Waals surface area (Å²) in [5.41, 5.74) is 3.55. The molecule has 12 nitrogen and oxygen atoms in total. The van der Waals surface area contributed by atoms with E-state index in [1.54, 1.807) is 43.5 Å². The van der Waals surface area contributed by atoms with Gasteiger partial charge in [-0.05, 0) is 56.1 Å². The molecule has 0 bridgehead atoms. The number of pyridine rings is 1. The van der Waals surface area contributed by atoms with Crippen molar-refractivity contribution in [3.63, 3.8) is 0 Å². The van der Waals surface area contributed by atoms with Gasteiger partial charge in [0.1, 0.15) is 36.2 Å². The molecular weight excluding hydrogens is 712 g/mol. The molecule has 1 amide bonds. The first-order valence-corrected chi connectivity index (χ1v) is 22.9. The average Bonchev–Trinajstić information content (AvgIpc) is 3.72. The molecule has 2 aromatic heterocycles. The Balaban J connectivity index is 1.25. The molecule has 5 atom stereocenters. The fraction of sp³-hybridized carbons (Fsp3) is 0.472. The molecule has 1 unspecified atom stereocenters. The highest BCUT2D eigenvalue weighted by molar-refractivity contribution is 7.93. The fourth-order valence-electron chi connectivity index (χ4n) is 5.82. The van der Waals surface area contributed by atoms with Crippen LogP contribution in [0.5, 0.6) is 6.01 Å². The number of hydrogen-bond donors (Lipinski definition) is 1. The van der Waals surface area contributed by atoms with Crippen LogP contribution in [0.15, 0.2) is 63.9 Å². The van der Waals surface area contributed by atoms with Crippen molar-refractivity contribution in [2.24, 2.45) is 4.36 Å². The number of carbonyl (C=O) groups is 1. The van der Waals surface area contributed by atoms with Gasteiger partial charge in [-0.1, -0.05) is 67.6 Å². The van der Waals surface area contributed by atoms with Gasteiger partial charge < -0.3 is 28.8 Å². The number of aromatic nitrogens is 3. The van der Waals surface area contributed by atoms with Crippen molar-refractivity contribution in [3.05, 3.63) is 59.6 Å². The van der Waals surface area contributed by atoms with Crippen molar-refractivity contribution in [2.45, 2.75) is 88.1 Å². The number of imidazole rings is 1. The van der Waals surface area contributed by atoms with E-state index in [0.717, 1.165) is 22.7 Å².